The van der Waals surface area contributed by atoms with E-state index in [-0.39, 0.29) is 17.0 Å². The number of aromatic nitrogens is 1. The van der Waals surface area contributed by atoms with Gasteiger partial charge in [-0.15, -0.1) is 0 Å². The fourth-order valence-electron chi connectivity index (χ4n) is 2.42. The van der Waals surface area contributed by atoms with Gasteiger partial charge in [-0.05, 0) is 36.4 Å². The van der Waals surface area contributed by atoms with E-state index >= 15 is 0 Å². The maximum Gasteiger partial charge on any atom is 0.265 e. The molecule has 1 aromatic heterocycles. The Morgan fingerprint density at radius 2 is 1.86 bits per heavy atom. The van der Waals surface area contributed by atoms with Crippen molar-refractivity contribution in [3.05, 3.63) is 71.9 Å². The van der Waals surface area contributed by atoms with Crippen LogP contribution in [0.25, 0.3) is 11.3 Å². The number of pyridine rings is 1. The van der Waals surface area contributed by atoms with Crippen LogP contribution < -0.4 is 9.46 Å². The standard InChI is InChI=1S/C19H13F2N3O3S/c1-27-15-5-6-16(20)19(9-15)28(25,26)24-14-4-7-18(23-11-14)12-2-3-13(10-22)17(21)8-12/h2-9,11,24H,1H3. The van der Waals surface area contributed by atoms with E-state index in [4.69, 9.17) is 10.00 Å². The summed E-state index contributed by atoms with van der Waals surface area (Å²) in [6.45, 7) is 0. The van der Waals surface area contributed by atoms with Crippen molar-refractivity contribution in [1.29, 1.82) is 5.26 Å². The molecular weight excluding hydrogens is 388 g/mol. The molecule has 0 radical (unpaired) electrons. The van der Waals surface area contributed by atoms with E-state index in [2.05, 4.69) is 9.71 Å². The van der Waals surface area contributed by atoms with Gasteiger partial charge in [0.25, 0.3) is 10.0 Å². The highest BCUT2D eigenvalue weighted by atomic mass is 32.2. The average molecular weight is 401 g/mol. The molecule has 142 valence electrons. The monoisotopic (exact) mass is 401 g/mol. The topological polar surface area (TPSA) is 92.1 Å². The number of halogens is 2. The first-order valence-corrected chi connectivity index (χ1v) is 9.35. The van der Waals surface area contributed by atoms with Crippen LogP contribution in [0.15, 0.2) is 59.6 Å². The molecule has 28 heavy (non-hydrogen) atoms. The van der Waals surface area contributed by atoms with Gasteiger partial charge in [0, 0.05) is 11.6 Å². The number of nitrogens with one attached hydrogen (secondary N) is 1. The summed E-state index contributed by atoms with van der Waals surface area (Å²) in [5, 5.41) is 8.77. The zero-order chi connectivity index (χ0) is 20.3. The van der Waals surface area contributed by atoms with Crippen molar-refractivity contribution in [2.24, 2.45) is 0 Å². The minimum Gasteiger partial charge on any atom is -0.497 e. The highest BCUT2D eigenvalue weighted by molar-refractivity contribution is 7.92. The van der Waals surface area contributed by atoms with Crippen LogP contribution in [0.4, 0.5) is 14.5 Å². The Labute approximate surface area is 160 Å². The number of rotatable bonds is 5. The molecule has 0 atom stereocenters. The van der Waals surface area contributed by atoms with Gasteiger partial charge in [0.1, 0.15) is 28.3 Å². The average Bonchev–Trinajstić information content (AvgIpc) is 2.68. The Kier molecular flexibility index (Phi) is 5.24. The zero-order valence-electron chi connectivity index (χ0n) is 14.5. The number of anilines is 1. The molecule has 2 aromatic carbocycles. The van der Waals surface area contributed by atoms with Gasteiger partial charge in [-0.25, -0.2) is 17.2 Å². The van der Waals surface area contributed by atoms with E-state index in [9.17, 15) is 17.2 Å². The third-order valence-electron chi connectivity index (χ3n) is 3.83. The van der Waals surface area contributed by atoms with Crippen LogP contribution in [0.2, 0.25) is 0 Å². The maximum atomic E-state index is 13.9. The van der Waals surface area contributed by atoms with Crippen LogP contribution in [0, 0.1) is 23.0 Å². The lowest BCUT2D eigenvalue weighted by atomic mass is 10.1. The first-order valence-electron chi connectivity index (χ1n) is 7.86. The smallest absolute Gasteiger partial charge is 0.265 e. The van der Waals surface area contributed by atoms with Crippen molar-refractivity contribution < 1.29 is 21.9 Å². The van der Waals surface area contributed by atoms with E-state index in [1.807, 2.05) is 0 Å². The number of sulfonamides is 1. The van der Waals surface area contributed by atoms with Crippen molar-refractivity contribution >= 4 is 15.7 Å². The molecule has 3 aromatic rings. The van der Waals surface area contributed by atoms with Crippen molar-refractivity contribution in [2.75, 3.05) is 11.8 Å². The zero-order valence-corrected chi connectivity index (χ0v) is 15.3. The van der Waals surface area contributed by atoms with E-state index < -0.39 is 26.6 Å². The summed E-state index contributed by atoms with van der Waals surface area (Å²) in [5.41, 5.74) is 0.803. The van der Waals surface area contributed by atoms with Gasteiger partial charge in [0.15, 0.2) is 0 Å². The molecule has 0 unspecified atom stereocenters. The summed E-state index contributed by atoms with van der Waals surface area (Å²) in [6.07, 6.45) is 1.22. The van der Waals surface area contributed by atoms with Crippen LogP contribution in [-0.2, 0) is 10.0 Å². The molecule has 0 amide bonds. The summed E-state index contributed by atoms with van der Waals surface area (Å²) >= 11 is 0. The van der Waals surface area contributed by atoms with Crippen LogP contribution in [0.1, 0.15) is 5.56 Å². The first-order chi connectivity index (χ1) is 13.3. The summed E-state index contributed by atoms with van der Waals surface area (Å²) in [7, 11) is -2.87. The van der Waals surface area contributed by atoms with Crippen molar-refractivity contribution in [3.8, 4) is 23.1 Å². The summed E-state index contributed by atoms with van der Waals surface area (Å²) in [4.78, 5) is 3.52. The normalized spacial score (nSPS) is 10.9. The molecule has 0 aliphatic heterocycles. The van der Waals surface area contributed by atoms with E-state index in [1.165, 1.54) is 43.6 Å². The van der Waals surface area contributed by atoms with Crippen LogP contribution >= 0.6 is 0 Å². The Balaban J connectivity index is 1.86. The second-order valence-electron chi connectivity index (χ2n) is 5.64. The summed E-state index contributed by atoms with van der Waals surface area (Å²) < 4.78 is 59.7. The predicted molar refractivity (Wildman–Crippen MR) is 98.1 cm³/mol. The van der Waals surface area contributed by atoms with Crippen molar-refractivity contribution in [2.45, 2.75) is 4.90 Å². The molecule has 6 nitrogen and oxygen atoms in total. The molecular formula is C19H13F2N3O3S. The number of hydrogen-bond acceptors (Lipinski definition) is 5. The second-order valence-corrected chi connectivity index (χ2v) is 7.29. The summed E-state index contributed by atoms with van der Waals surface area (Å²) in [5.74, 6) is -1.41. The maximum absolute atomic E-state index is 13.9. The predicted octanol–water partition coefficient (Wildman–Crippen LogP) is 3.71. The van der Waals surface area contributed by atoms with Gasteiger partial charge in [-0.3, -0.25) is 9.71 Å². The van der Waals surface area contributed by atoms with Crippen LogP contribution in [0.5, 0.6) is 5.75 Å². The first kappa shape index (κ1) is 19.3. The Hall–Kier alpha value is -3.51. The van der Waals surface area contributed by atoms with Gasteiger partial charge in [0.2, 0.25) is 0 Å². The third-order valence-corrected chi connectivity index (χ3v) is 5.23. The molecule has 0 aliphatic carbocycles. The Bertz CT molecular complexity index is 1170. The number of nitriles is 1. The van der Waals surface area contributed by atoms with Crippen LogP contribution in [0.3, 0.4) is 0 Å². The number of nitrogens with zero attached hydrogens (tertiary/aromatic N) is 2. The summed E-state index contributed by atoms with van der Waals surface area (Å²) in [6, 6.07) is 12.0. The lowest BCUT2D eigenvalue weighted by molar-refractivity contribution is 0.411. The lowest BCUT2D eigenvalue weighted by Gasteiger charge is -2.10. The molecule has 3 rings (SSSR count). The quantitative estimate of drug-likeness (QED) is 0.704. The van der Waals surface area contributed by atoms with Crippen molar-refractivity contribution in [3.63, 3.8) is 0 Å². The molecule has 1 heterocycles. The van der Waals surface area contributed by atoms with E-state index in [1.54, 1.807) is 6.07 Å². The molecule has 1 N–H and O–H groups in total. The molecule has 0 saturated heterocycles. The highest BCUT2D eigenvalue weighted by Gasteiger charge is 2.20. The number of ether oxygens (including phenoxy) is 1. The van der Waals surface area contributed by atoms with Crippen LogP contribution in [-0.4, -0.2) is 20.5 Å². The molecule has 0 bridgehead atoms. The Morgan fingerprint density at radius 3 is 2.46 bits per heavy atom. The third kappa shape index (κ3) is 3.92. The SMILES string of the molecule is COc1ccc(F)c(S(=O)(=O)Nc2ccc(-c3ccc(C#N)c(F)c3)nc2)c1. The molecule has 0 fully saturated rings. The fraction of sp³-hybridized carbons (Fsp3) is 0.0526. The van der Waals surface area contributed by atoms with Gasteiger partial charge >= 0.3 is 0 Å². The lowest BCUT2D eigenvalue weighted by Crippen LogP contribution is -2.15. The van der Waals surface area contributed by atoms with Gasteiger partial charge in [0.05, 0.1) is 30.3 Å². The molecule has 9 heteroatoms. The highest BCUT2D eigenvalue weighted by Crippen LogP contribution is 2.25. The second kappa shape index (κ2) is 7.62. The van der Waals surface area contributed by atoms with E-state index in [0.717, 1.165) is 18.2 Å². The van der Waals surface area contributed by atoms with Crippen molar-refractivity contribution in [1.82, 2.24) is 4.98 Å². The largest absolute Gasteiger partial charge is 0.497 e. The van der Waals surface area contributed by atoms with E-state index in [0.29, 0.717) is 11.3 Å². The molecule has 0 aliphatic rings. The molecule has 0 saturated carbocycles. The van der Waals surface area contributed by atoms with Gasteiger partial charge in [-0.1, -0.05) is 6.07 Å². The Morgan fingerprint density at radius 1 is 1.07 bits per heavy atom. The fourth-order valence-corrected chi connectivity index (χ4v) is 3.55. The number of hydrogen-bond donors (Lipinski definition) is 1. The molecule has 0 spiro atoms. The number of methoxy groups -OCH3 is 1. The minimum atomic E-state index is -4.21. The number of benzene rings is 2. The van der Waals surface area contributed by atoms with Gasteiger partial charge < -0.3 is 4.74 Å². The van der Waals surface area contributed by atoms with Gasteiger partial charge in [-0.2, -0.15) is 5.26 Å². The minimum absolute atomic E-state index is 0.0894.